The van der Waals surface area contributed by atoms with Crippen molar-refractivity contribution in [2.75, 3.05) is 20.1 Å². The van der Waals surface area contributed by atoms with Crippen LogP contribution in [0.4, 0.5) is 0 Å². The maximum absolute atomic E-state index is 11.7. The third-order valence-electron chi connectivity index (χ3n) is 3.47. The van der Waals surface area contributed by atoms with Crippen molar-refractivity contribution in [2.24, 2.45) is 0 Å². The van der Waals surface area contributed by atoms with Crippen LogP contribution in [0.2, 0.25) is 0 Å². The zero-order chi connectivity index (χ0) is 12.5. The van der Waals surface area contributed by atoms with Gasteiger partial charge in [0.2, 0.25) is 5.91 Å². The molecule has 0 saturated heterocycles. The number of carbonyl (C=O) groups excluding carboxylic acids is 1. The second-order valence-electron chi connectivity index (χ2n) is 5.18. The van der Waals surface area contributed by atoms with E-state index in [1.54, 1.807) is 0 Å². The lowest BCUT2D eigenvalue weighted by Gasteiger charge is -2.16. The number of nitrogens with one attached hydrogen (secondary N) is 1. The molecule has 1 saturated carbocycles. The van der Waals surface area contributed by atoms with Gasteiger partial charge in [0.25, 0.3) is 0 Å². The van der Waals surface area contributed by atoms with Crippen LogP contribution in [-0.4, -0.2) is 37.0 Å². The topological polar surface area (TPSA) is 32.3 Å². The average Bonchev–Trinajstić information content (AvgIpc) is 3.15. The molecule has 0 bridgehead atoms. The van der Waals surface area contributed by atoms with E-state index in [0.717, 1.165) is 6.54 Å². The number of amides is 1. The number of carbonyl (C=O) groups is 1. The van der Waals surface area contributed by atoms with Gasteiger partial charge in [0.1, 0.15) is 0 Å². The predicted molar refractivity (Wildman–Crippen MR) is 72.0 cm³/mol. The molecule has 1 N–H and O–H groups in total. The molecule has 0 atom stereocenters. The SMILES string of the molecule is CCCCCCCCNCC(=O)N(C)C1CC1. The summed E-state index contributed by atoms with van der Waals surface area (Å²) in [7, 11) is 1.92. The Morgan fingerprint density at radius 1 is 1.18 bits per heavy atom. The zero-order valence-corrected chi connectivity index (χ0v) is 11.5. The summed E-state index contributed by atoms with van der Waals surface area (Å²) >= 11 is 0. The van der Waals surface area contributed by atoms with E-state index in [2.05, 4.69) is 12.2 Å². The lowest BCUT2D eigenvalue weighted by molar-refractivity contribution is -0.129. The number of nitrogens with zero attached hydrogens (tertiary/aromatic N) is 1. The smallest absolute Gasteiger partial charge is 0.236 e. The molecule has 0 aromatic heterocycles. The minimum Gasteiger partial charge on any atom is -0.342 e. The van der Waals surface area contributed by atoms with Gasteiger partial charge >= 0.3 is 0 Å². The highest BCUT2D eigenvalue weighted by Gasteiger charge is 2.28. The Balaban J connectivity index is 1.84. The van der Waals surface area contributed by atoms with Crippen molar-refractivity contribution in [1.29, 1.82) is 0 Å². The van der Waals surface area contributed by atoms with Gasteiger partial charge in [-0.15, -0.1) is 0 Å². The number of rotatable bonds is 10. The van der Waals surface area contributed by atoms with Gasteiger partial charge in [-0.3, -0.25) is 4.79 Å². The maximum atomic E-state index is 11.7. The van der Waals surface area contributed by atoms with E-state index in [1.807, 2.05) is 11.9 Å². The van der Waals surface area contributed by atoms with E-state index in [4.69, 9.17) is 0 Å². The van der Waals surface area contributed by atoms with Crippen LogP contribution in [0.25, 0.3) is 0 Å². The second kappa shape index (κ2) is 8.51. The number of hydrogen-bond acceptors (Lipinski definition) is 2. The molecule has 1 rings (SSSR count). The van der Waals surface area contributed by atoms with Gasteiger partial charge in [-0.2, -0.15) is 0 Å². The van der Waals surface area contributed by atoms with Crippen LogP contribution < -0.4 is 5.32 Å². The first-order valence-corrected chi connectivity index (χ1v) is 7.22. The Morgan fingerprint density at radius 3 is 2.47 bits per heavy atom. The maximum Gasteiger partial charge on any atom is 0.236 e. The Kier molecular flexibility index (Phi) is 7.25. The van der Waals surface area contributed by atoms with E-state index in [-0.39, 0.29) is 5.91 Å². The fraction of sp³-hybridized carbons (Fsp3) is 0.929. The molecule has 0 aromatic carbocycles. The fourth-order valence-corrected chi connectivity index (χ4v) is 2.02. The molecular weight excluding hydrogens is 212 g/mol. The third-order valence-corrected chi connectivity index (χ3v) is 3.47. The van der Waals surface area contributed by atoms with Gasteiger partial charge < -0.3 is 10.2 Å². The summed E-state index contributed by atoms with van der Waals surface area (Å²) < 4.78 is 0. The van der Waals surface area contributed by atoms with Crippen molar-refractivity contribution >= 4 is 5.91 Å². The van der Waals surface area contributed by atoms with Crippen LogP contribution in [0.5, 0.6) is 0 Å². The molecule has 0 unspecified atom stereocenters. The summed E-state index contributed by atoms with van der Waals surface area (Å²) in [5, 5.41) is 3.25. The molecule has 1 aliphatic carbocycles. The first kappa shape index (κ1) is 14.5. The molecule has 1 aliphatic rings. The van der Waals surface area contributed by atoms with Crippen molar-refractivity contribution < 1.29 is 4.79 Å². The van der Waals surface area contributed by atoms with Gasteiger partial charge in [0.15, 0.2) is 0 Å². The Bertz CT molecular complexity index is 214. The predicted octanol–water partition coefficient (Wildman–Crippen LogP) is 2.56. The minimum absolute atomic E-state index is 0.249. The molecule has 0 aromatic rings. The molecule has 17 heavy (non-hydrogen) atoms. The molecule has 0 heterocycles. The van der Waals surface area contributed by atoms with Crippen molar-refractivity contribution in [3.8, 4) is 0 Å². The van der Waals surface area contributed by atoms with Gasteiger partial charge in [0, 0.05) is 13.1 Å². The van der Waals surface area contributed by atoms with Crippen LogP contribution in [0.3, 0.4) is 0 Å². The number of likely N-dealkylation sites (N-methyl/N-ethyl adjacent to an activating group) is 1. The molecule has 100 valence electrons. The van der Waals surface area contributed by atoms with E-state index >= 15 is 0 Å². The van der Waals surface area contributed by atoms with Gasteiger partial charge in [0.05, 0.1) is 6.54 Å². The number of hydrogen-bond donors (Lipinski definition) is 1. The van der Waals surface area contributed by atoms with Gasteiger partial charge in [-0.25, -0.2) is 0 Å². The zero-order valence-electron chi connectivity index (χ0n) is 11.5. The summed E-state index contributed by atoms with van der Waals surface area (Å²) in [4.78, 5) is 13.6. The minimum atomic E-state index is 0.249. The van der Waals surface area contributed by atoms with E-state index in [0.29, 0.717) is 12.6 Å². The molecule has 0 aliphatic heterocycles. The highest BCUT2D eigenvalue weighted by Crippen LogP contribution is 2.24. The van der Waals surface area contributed by atoms with E-state index < -0.39 is 0 Å². The highest BCUT2D eigenvalue weighted by atomic mass is 16.2. The summed E-state index contributed by atoms with van der Waals surface area (Å²) in [5.74, 6) is 0.249. The molecular formula is C14H28N2O. The lowest BCUT2D eigenvalue weighted by atomic mass is 10.1. The fourth-order valence-electron chi connectivity index (χ4n) is 2.02. The lowest BCUT2D eigenvalue weighted by Crippen LogP contribution is -2.37. The second-order valence-corrected chi connectivity index (χ2v) is 5.18. The molecule has 0 radical (unpaired) electrons. The molecule has 0 spiro atoms. The van der Waals surface area contributed by atoms with Crippen LogP contribution in [0.1, 0.15) is 58.3 Å². The van der Waals surface area contributed by atoms with Crippen LogP contribution in [0.15, 0.2) is 0 Å². The Labute approximate surface area is 106 Å². The number of unbranched alkanes of at least 4 members (excludes halogenated alkanes) is 5. The summed E-state index contributed by atoms with van der Waals surface area (Å²) in [6, 6.07) is 0.540. The third kappa shape index (κ3) is 6.67. The van der Waals surface area contributed by atoms with Gasteiger partial charge in [-0.1, -0.05) is 39.0 Å². The van der Waals surface area contributed by atoms with Crippen LogP contribution in [-0.2, 0) is 4.79 Å². The molecule has 3 nitrogen and oxygen atoms in total. The van der Waals surface area contributed by atoms with Crippen LogP contribution in [0, 0.1) is 0 Å². The van der Waals surface area contributed by atoms with Crippen molar-refractivity contribution in [2.45, 2.75) is 64.3 Å². The Hall–Kier alpha value is -0.570. The van der Waals surface area contributed by atoms with Gasteiger partial charge in [-0.05, 0) is 25.8 Å². The van der Waals surface area contributed by atoms with Crippen LogP contribution >= 0.6 is 0 Å². The monoisotopic (exact) mass is 240 g/mol. The van der Waals surface area contributed by atoms with Crippen molar-refractivity contribution in [3.63, 3.8) is 0 Å². The average molecular weight is 240 g/mol. The van der Waals surface area contributed by atoms with E-state index in [9.17, 15) is 4.79 Å². The summed E-state index contributed by atoms with van der Waals surface area (Å²) in [6.45, 7) is 3.74. The molecule has 1 fully saturated rings. The van der Waals surface area contributed by atoms with E-state index in [1.165, 1.54) is 51.4 Å². The standard InChI is InChI=1S/C14H28N2O/c1-3-4-5-6-7-8-11-15-12-14(17)16(2)13-9-10-13/h13,15H,3-12H2,1-2H3. The van der Waals surface area contributed by atoms with Crippen molar-refractivity contribution in [3.05, 3.63) is 0 Å². The quantitative estimate of drug-likeness (QED) is 0.595. The largest absolute Gasteiger partial charge is 0.342 e. The molecule has 3 heteroatoms. The summed E-state index contributed by atoms with van der Waals surface area (Å²) in [5.41, 5.74) is 0. The Morgan fingerprint density at radius 2 is 1.82 bits per heavy atom. The van der Waals surface area contributed by atoms with Crippen molar-refractivity contribution in [1.82, 2.24) is 10.2 Å². The first-order valence-electron chi connectivity index (χ1n) is 7.22. The summed E-state index contributed by atoms with van der Waals surface area (Å²) in [6.07, 6.45) is 10.2. The normalized spacial score (nSPS) is 14.9. The first-order chi connectivity index (χ1) is 8.25. The molecule has 1 amide bonds. The highest BCUT2D eigenvalue weighted by molar-refractivity contribution is 5.78.